The van der Waals surface area contributed by atoms with Crippen molar-refractivity contribution in [1.82, 2.24) is 15.1 Å². The summed E-state index contributed by atoms with van der Waals surface area (Å²) in [4.78, 5) is 24.8. The predicted octanol–water partition coefficient (Wildman–Crippen LogP) is 2.51. The number of fused-ring (bicyclic) bond motifs is 1. The molecule has 0 saturated carbocycles. The van der Waals surface area contributed by atoms with Gasteiger partial charge >= 0.3 is 11.8 Å². The van der Waals surface area contributed by atoms with Crippen molar-refractivity contribution in [2.24, 2.45) is 0 Å². The number of amides is 2. The Hall–Kier alpha value is -3.61. The van der Waals surface area contributed by atoms with E-state index in [1.54, 1.807) is 16.9 Å². The van der Waals surface area contributed by atoms with Gasteiger partial charge in [-0.3, -0.25) is 9.59 Å². The normalized spacial score (nSPS) is 15.2. The van der Waals surface area contributed by atoms with E-state index in [0.717, 1.165) is 16.9 Å². The topological polar surface area (TPSA) is 85.2 Å². The predicted molar refractivity (Wildman–Crippen MR) is 104 cm³/mol. The molecule has 2 heterocycles. The van der Waals surface area contributed by atoms with E-state index in [-0.39, 0.29) is 6.04 Å². The van der Waals surface area contributed by atoms with Gasteiger partial charge in [-0.15, -0.1) is 0 Å². The molecule has 0 aliphatic carbocycles. The molecular weight excluding hydrogens is 356 g/mol. The first-order valence-electron chi connectivity index (χ1n) is 9.10. The van der Waals surface area contributed by atoms with Crippen LogP contribution in [0, 0.1) is 0 Å². The van der Waals surface area contributed by atoms with Crippen LogP contribution in [0.4, 0.5) is 5.82 Å². The van der Waals surface area contributed by atoms with Gasteiger partial charge in [0.1, 0.15) is 11.6 Å². The van der Waals surface area contributed by atoms with Gasteiger partial charge in [-0.05, 0) is 11.6 Å². The minimum Gasteiger partial charge on any atom is -0.493 e. The molecule has 0 unspecified atom stereocenters. The highest BCUT2D eigenvalue weighted by Gasteiger charge is 2.25. The summed E-state index contributed by atoms with van der Waals surface area (Å²) >= 11 is 0. The lowest BCUT2D eigenvalue weighted by Gasteiger charge is -2.26. The number of aromatic nitrogens is 2. The van der Waals surface area contributed by atoms with E-state index < -0.39 is 11.8 Å². The second-order valence-corrected chi connectivity index (χ2v) is 6.51. The van der Waals surface area contributed by atoms with Gasteiger partial charge in [0, 0.05) is 18.1 Å². The molecule has 2 N–H and O–H groups in total. The highest BCUT2D eigenvalue weighted by molar-refractivity contribution is 6.39. The zero-order chi connectivity index (χ0) is 19.3. The Kier molecular flexibility index (Phi) is 5.05. The summed E-state index contributed by atoms with van der Waals surface area (Å²) in [6.07, 6.45) is 2.20. The molecule has 7 heteroatoms. The molecule has 0 fully saturated rings. The summed E-state index contributed by atoms with van der Waals surface area (Å²) in [6, 6.07) is 18.7. The third-order valence-electron chi connectivity index (χ3n) is 4.60. The maximum Gasteiger partial charge on any atom is 0.314 e. The van der Waals surface area contributed by atoms with E-state index in [4.69, 9.17) is 4.74 Å². The molecule has 0 bridgehead atoms. The first-order valence-corrected chi connectivity index (χ1v) is 9.10. The lowest BCUT2D eigenvalue weighted by molar-refractivity contribution is -0.136. The molecule has 7 nitrogen and oxygen atoms in total. The maximum atomic E-state index is 12.4. The van der Waals surface area contributed by atoms with Gasteiger partial charge in [0.15, 0.2) is 0 Å². The van der Waals surface area contributed by atoms with Crippen LogP contribution < -0.4 is 15.4 Å². The SMILES string of the molecule is O=C(Nc1ccnn1Cc1ccccc1)C(=O)N[C@H]1CCOc2ccccc21. The molecule has 28 heavy (non-hydrogen) atoms. The smallest absolute Gasteiger partial charge is 0.314 e. The molecule has 0 spiro atoms. The van der Waals surface area contributed by atoms with E-state index in [9.17, 15) is 9.59 Å². The number of para-hydroxylation sites is 1. The molecular formula is C21H20N4O3. The number of nitrogens with one attached hydrogen (secondary N) is 2. The van der Waals surface area contributed by atoms with Crippen LogP contribution in [0.3, 0.4) is 0 Å². The number of benzene rings is 2. The van der Waals surface area contributed by atoms with Crippen LogP contribution in [0.1, 0.15) is 23.6 Å². The number of nitrogens with zero attached hydrogens (tertiary/aromatic N) is 2. The van der Waals surface area contributed by atoms with E-state index in [0.29, 0.717) is 25.4 Å². The highest BCUT2D eigenvalue weighted by atomic mass is 16.5. The van der Waals surface area contributed by atoms with Crippen LogP contribution in [-0.2, 0) is 16.1 Å². The van der Waals surface area contributed by atoms with E-state index >= 15 is 0 Å². The maximum absolute atomic E-state index is 12.4. The van der Waals surface area contributed by atoms with Crippen molar-refractivity contribution in [2.75, 3.05) is 11.9 Å². The number of carbonyl (C=O) groups is 2. The van der Waals surface area contributed by atoms with Crippen molar-refractivity contribution in [3.8, 4) is 5.75 Å². The summed E-state index contributed by atoms with van der Waals surface area (Å²) in [5, 5.41) is 9.66. The Labute approximate surface area is 162 Å². The lowest BCUT2D eigenvalue weighted by Crippen LogP contribution is -2.39. The van der Waals surface area contributed by atoms with Gasteiger partial charge in [0.05, 0.1) is 25.4 Å². The van der Waals surface area contributed by atoms with Gasteiger partial charge in [0.25, 0.3) is 0 Å². The first-order chi connectivity index (χ1) is 13.7. The number of carbonyl (C=O) groups excluding carboxylic acids is 2. The van der Waals surface area contributed by atoms with Crippen LogP contribution in [-0.4, -0.2) is 28.2 Å². The fourth-order valence-corrected chi connectivity index (χ4v) is 3.21. The van der Waals surface area contributed by atoms with Gasteiger partial charge in [0.2, 0.25) is 0 Å². The van der Waals surface area contributed by atoms with Crippen molar-refractivity contribution in [3.05, 3.63) is 78.0 Å². The van der Waals surface area contributed by atoms with Gasteiger partial charge < -0.3 is 15.4 Å². The van der Waals surface area contributed by atoms with Crippen LogP contribution >= 0.6 is 0 Å². The Morgan fingerprint density at radius 3 is 2.68 bits per heavy atom. The summed E-state index contributed by atoms with van der Waals surface area (Å²) < 4.78 is 7.23. The van der Waals surface area contributed by atoms with E-state index in [1.807, 2.05) is 54.6 Å². The first kappa shape index (κ1) is 17.8. The van der Waals surface area contributed by atoms with Crippen LogP contribution in [0.2, 0.25) is 0 Å². The average Bonchev–Trinajstić information content (AvgIpc) is 3.15. The second kappa shape index (κ2) is 7.96. The zero-order valence-electron chi connectivity index (χ0n) is 15.2. The van der Waals surface area contributed by atoms with Crippen molar-refractivity contribution >= 4 is 17.6 Å². The molecule has 1 aromatic heterocycles. The van der Waals surface area contributed by atoms with Gasteiger partial charge in [-0.1, -0.05) is 48.5 Å². The molecule has 1 aliphatic rings. The Morgan fingerprint density at radius 1 is 1.04 bits per heavy atom. The molecule has 1 aliphatic heterocycles. The second-order valence-electron chi connectivity index (χ2n) is 6.51. The summed E-state index contributed by atoms with van der Waals surface area (Å²) in [7, 11) is 0. The van der Waals surface area contributed by atoms with Crippen molar-refractivity contribution in [3.63, 3.8) is 0 Å². The number of hydrogen-bond donors (Lipinski definition) is 2. The van der Waals surface area contributed by atoms with Crippen molar-refractivity contribution in [2.45, 2.75) is 19.0 Å². The van der Waals surface area contributed by atoms with E-state index in [1.165, 1.54) is 0 Å². The number of rotatable bonds is 4. The average molecular weight is 376 g/mol. The molecule has 0 saturated heterocycles. The number of ether oxygens (including phenoxy) is 1. The van der Waals surface area contributed by atoms with Crippen molar-refractivity contribution < 1.29 is 14.3 Å². The summed E-state index contributed by atoms with van der Waals surface area (Å²) in [5.74, 6) is -0.204. The zero-order valence-corrected chi connectivity index (χ0v) is 15.2. The third-order valence-corrected chi connectivity index (χ3v) is 4.60. The largest absolute Gasteiger partial charge is 0.493 e. The Bertz CT molecular complexity index is 984. The minimum atomic E-state index is -0.723. The molecule has 3 aromatic rings. The Morgan fingerprint density at radius 2 is 1.82 bits per heavy atom. The fraction of sp³-hybridized carbons (Fsp3) is 0.190. The fourth-order valence-electron chi connectivity index (χ4n) is 3.21. The Balaban J connectivity index is 1.41. The third kappa shape index (κ3) is 3.88. The molecule has 2 aromatic carbocycles. The van der Waals surface area contributed by atoms with Crippen molar-refractivity contribution in [1.29, 1.82) is 0 Å². The molecule has 1 atom stereocenters. The van der Waals surface area contributed by atoms with Crippen LogP contribution in [0.15, 0.2) is 66.9 Å². The summed E-state index contributed by atoms with van der Waals surface area (Å²) in [5.41, 5.74) is 1.92. The lowest BCUT2D eigenvalue weighted by atomic mass is 10.0. The van der Waals surface area contributed by atoms with Gasteiger partial charge in [-0.25, -0.2) is 4.68 Å². The quantitative estimate of drug-likeness (QED) is 0.685. The van der Waals surface area contributed by atoms with E-state index in [2.05, 4.69) is 15.7 Å². The molecule has 4 rings (SSSR count). The molecule has 2 amide bonds. The standard InChI is InChI=1S/C21H20N4O3/c26-20(23-17-11-13-28-18-9-5-4-8-16(17)18)21(27)24-19-10-12-22-25(19)14-15-6-2-1-3-7-15/h1-10,12,17H,11,13-14H2,(H,23,26)(H,24,27)/t17-/m0/s1. The highest BCUT2D eigenvalue weighted by Crippen LogP contribution is 2.31. The minimum absolute atomic E-state index is 0.252. The van der Waals surface area contributed by atoms with Crippen LogP contribution in [0.5, 0.6) is 5.75 Å². The number of anilines is 1. The van der Waals surface area contributed by atoms with Gasteiger partial charge in [-0.2, -0.15) is 5.10 Å². The molecule has 0 radical (unpaired) electrons. The van der Waals surface area contributed by atoms with Crippen LogP contribution in [0.25, 0.3) is 0 Å². The number of hydrogen-bond acceptors (Lipinski definition) is 4. The monoisotopic (exact) mass is 376 g/mol. The molecule has 142 valence electrons. The summed E-state index contributed by atoms with van der Waals surface area (Å²) in [6.45, 7) is 0.992.